The molecule has 0 saturated carbocycles. The fourth-order valence-electron chi connectivity index (χ4n) is 1.80. The highest BCUT2D eigenvalue weighted by atomic mass is 35.5. The molecule has 0 aliphatic rings. The van der Waals surface area contributed by atoms with Crippen LogP contribution in [0.1, 0.15) is 24.3 Å². The van der Waals surface area contributed by atoms with E-state index >= 15 is 0 Å². The molecule has 0 bridgehead atoms. The third-order valence-electron chi connectivity index (χ3n) is 2.87. The number of nitrogens with two attached hydrogens (primary N) is 1. The van der Waals surface area contributed by atoms with Crippen LogP contribution in [0.2, 0.25) is 5.02 Å². The zero-order valence-corrected chi connectivity index (χ0v) is 12.4. The zero-order valence-electron chi connectivity index (χ0n) is 10.8. The number of halogens is 1. The molecule has 2 aromatic rings. The molecular formula is C13H15ClN2O3S. The maximum absolute atomic E-state index is 11.1. The van der Waals surface area contributed by atoms with E-state index in [2.05, 4.69) is 5.32 Å². The lowest BCUT2D eigenvalue weighted by atomic mass is 10.1. The summed E-state index contributed by atoms with van der Waals surface area (Å²) in [4.78, 5) is 0. The van der Waals surface area contributed by atoms with Crippen molar-refractivity contribution in [2.45, 2.75) is 24.6 Å². The highest BCUT2D eigenvalue weighted by Gasteiger charge is 2.14. The molecule has 1 atom stereocenters. The molecule has 1 aromatic heterocycles. The lowest BCUT2D eigenvalue weighted by Gasteiger charge is -2.14. The lowest BCUT2D eigenvalue weighted by Crippen LogP contribution is -2.18. The van der Waals surface area contributed by atoms with Gasteiger partial charge in [-0.15, -0.1) is 0 Å². The fraction of sp³-hybridized carbons (Fsp3) is 0.231. The standard InChI is InChI=1S/C13H15ClN2O3S/c1-9(11-4-2-3-5-12(11)14)16-8-10-6-7-13(19-10)20(15,17)18/h2-7,9,16H,8H2,1H3,(H2,15,17,18)/t9-/m1/s1. The van der Waals surface area contributed by atoms with Gasteiger partial charge < -0.3 is 9.73 Å². The summed E-state index contributed by atoms with van der Waals surface area (Å²) >= 11 is 6.11. The quantitative estimate of drug-likeness (QED) is 0.887. The van der Waals surface area contributed by atoms with Gasteiger partial charge in [-0.1, -0.05) is 29.8 Å². The number of hydrogen-bond acceptors (Lipinski definition) is 4. The summed E-state index contributed by atoms with van der Waals surface area (Å²) in [7, 11) is -3.79. The molecular weight excluding hydrogens is 300 g/mol. The lowest BCUT2D eigenvalue weighted by molar-refractivity contribution is 0.393. The molecule has 0 radical (unpaired) electrons. The summed E-state index contributed by atoms with van der Waals surface area (Å²) in [6.45, 7) is 2.34. The summed E-state index contributed by atoms with van der Waals surface area (Å²) < 4.78 is 27.3. The number of primary sulfonamides is 1. The number of benzene rings is 1. The summed E-state index contributed by atoms with van der Waals surface area (Å²) in [6.07, 6.45) is 0. The Morgan fingerprint density at radius 2 is 2.00 bits per heavy atom. The van der Waals surface area contributed by atoms with E-state index in [1.165, 1.54) is 6.07 Å². The SMILES string of the molecule is C[C@@H](NCc1ccc(S(N)(=O)=O)o1)c1ccccc1Cl. The van der Waals surface area contributed by atoms with Gasteiger partial charge in [0.25, 0.3) is 10.0 Å². The molecule has 0 aliphatic heterocycles. The van der Waals surface area contributed by atoms with Crippen LogP contribution in [0.25, 0.3) is 0 Å². The Balaban J connectivity index is 2.02. The first-order chi connectivity index (χ1) is 9.38. The monoisotopic (exact) mass is 314 g/mol. The summed E-state index contributed by atoms with van der Waals surface area (Å²) in [5.74, 6) is 0.493. The Labute approximate surface area is 122 Å². The van der Waals surface area contributed by atoms with Gasteiger partial charge in [0.2, 0.25) is 5.09 Å². The van der Waals surface area contributed by atoms with Crippen LogP contribution in [0.4, 0.5) is 0 Å². The minimum absolute atomic E-state index is 0.00623. The van der Waals surface area contributed by atoms with Crippen molar-refractivity contribution in [3.63, 3.8) is 0 Å². The predicted molar refractivity (Wildman–Crippen MR) is 76.8 cm³/mol. The van der Waals surface area contributed by atoms with Crippen LogP contribution in [-0.2, 0) is 16.6 Å². The van der Waals surface area contributed by atoms with Gasteiger partial charge in [-0.2, -0.15) is 0 Å². The minimum Gasteiger partial charge on any atom is -0.447 e. The maximum atomic E-state index is 11.1. The van der Waals surface area contributed by atoms with Crippen LogP contribution in [0, 0.1) is 0 Å². The minimum atomic E-state index is -3.79. The van der Waals surface area contributed by atoms with Gasteiger partial charge in [0, 0.05) is 11.1 Å². The number of rotatable bonds is 5. The molecule has 0 unspecified atom stereocenters. The van der Waals surface area contributed by atoms with Gasteiger partial charge in [0.05, 0.1) is 6.54 Å². The van der Waals surface area contributed by atoms with Gasteiger partial charge in [-0.25, -0.2) is 13.6 Å². The Hall–Kier alpha value is -1.34. The first-order valence-corrected chi connectivity index (χ1v) is 7.89. The highest BCUT2D eigenvalue weighted by molar-refractivity contribution is 7.89. The number of hydrogen-bond donors (Lipinski definition) is 2. The van der Waals surface area contributed by atoms with Crippen LogP contribution < -0.4 is 10.5 Å². The fourth-order valence-corrected chi connectivity index (χ4v) is 2.58. The Morgan fingerprint density at radius 1 is 1.30 bits per heavy atom. The molecule has 0 fully saturated rings. The van der Waals surface area contributed by atoms with Crippen molar-refractivity contribution in [1.82, 2.24) is 5.32 Å². The van der Waals surface area contributed by atoms with Gasteiger partial charge >= 0.3 is 0 Å². The summed E-state index contributed by atoms with van der Waals surface area (Å²) in [5, 5.41) is 8.63. The van der Waals surface area contributed by atoms with Gasteiger partial charge in [0.15, 0.2) is 0 Å². The van der Waals surface area contributed by atoms with E-state index in [4.69, 9.17) is 21.2 Å². The van der Waals surface area contributed by atoms with E-state index in [9.17, 15) is 8.42 Å². The Morgan fingerprint density at radius 3 is 2.60 bits per heavy atom. The smallest absolute Gasteiger partial charge is 0.271 e. The third kappa shape index (κ3) is 3.61. The average molecular weight is 315 g/mol. The second kappa shape index (κ2) is 5.97. The van der Waals surface area contributed by atoms with E-state index in [1.54, 1.807) is 6.07 Å². The molecule has 0 spiro atoms. The molecule has 108 valence electrons. The predicted octanol–water partition coefficient (Wildman–Crippen LogP) is 2.43. The van der Waals surface area contributed by atoms with Crippen LogP contribution in [0.15, 0.2) is 45.9 Å². The molecule has 1 heterocycles. The molecule has 20 heavy (non-hydrogen) atoms. The van der Waals surface area contributed by atoms with Crippen molar-refractivity contribution in [3.8, 4) is 0 Å². The molecule has 5 nitrogen and oxygen atoms in total. The molecule has 1 aromatic carbocycles. The van der Waals surface area contributed by atoms with E-state index in [0.717, 1.165) is 5.56 Å². The molecule has 0 amide bonds. The van der Waals surface area contributed by atoms with E-state index in [-0.39, 0.29) is 11.1 Å². The number of furan rings is 1. The van der Waals surface area contributed by atoms with E-state index in [1.807, 2.05) is 31.2 Å². The van der Waals surface area contributed by atoms with Crippen molar-refractivity contribution >= 4 is 21.6 Å². The Kier molecular flexibility index (Phi) is 4.49. The second-order valence-corrected chi connectivity index (χ2v) is 6.29. The largest absolute Gasteiger partial charge is 0.447 e. The van der Waals surface area contributed by atoms with Gasteiger partial charge in [0.1, 0.15) is 5.76 Å². The van der Waals surface area contributed by atoms with Gasteiger partial charge in [-0.05, 0) is 30.7 Å². The van der Waals surface area contributed by atoms with Gasteiger partial charge in [-0.3, -0.25) is 0 Å². The van der Waals surface area contributed by atoms with Crippen molar-refractivity contribution < 1.29 is 12.8 Å². The first-order valence-electron chi connectivity index (χ1n) is 5.97. The second-order valence-electron chi connectivity index (χ2n) is 4.39. The van der Waals surface area contributed by atoms with Crippen molar-refractivity contribution in [3.05, 3.63) is 52.7 Å². The highest BCUT2D eigenvalue weighted by Crippen LogP contribution is 2.22. The summed E-state index contributed by atoms with van der Waals surface area (Å²) in [5.41, 5.74) is 0.965. The van der Waals surface area contributed by atoms with Crippen LogP contribution >= 0.6 is 11.6 Å². The third-order valence-corrected chi connectivity index (χ3v) is 4.00. The molecule has 0 aliphatic carbocycles. The topological polar surface area (TPSA) is 85.3 Å². The van der Waals surface area contributed by atoms with Crippen LogP contribution in [-0.4, -0.2) is 8.42 Å². The first kappa shape index (κ1) is 15.1. The maximum Gasteiger partial charge on any atom is 0.271 e. The molecule has 2 rings (SSSR count). The van der Waals surface area contributed by atoms with Crippen LogP contribution in [0.3, 0.4) is 0 Å². The number of nitrogens with one attached hydrogen (secondary N) is 1. The molecule has 7 heteroatoms. The Bertz CT molecular complexity index is 697. The van der Waals surface area contributed by atoms with E-state index in [0.29, 0.717) is 17.3 Å². The zero-order chi connectivity index (χ0) is 14.8. The van der Waals surface area contributed by atoms with Crippen molar-refractivity contribution in [2.75, 3.05) is 0 Å². The average Bonchev–Trinajstić information content (AvgIpc) is 2.85. The van der Waals surface area contributed by atoms with Crippen molar-refractivity contribution in [1.29, 1.82) is 0 Å². The molecule has 3 N–H and O–H groups in total. The van der Waals surface area contributed by atoms with E-state index < -0.39 is 10.0 Å². The van der Waals surface area contributed by atoms with Crippen LogP contribution in [0.5, 0.6) is 0 Å². The summed E-state index contributed by atoms with van der Waals surface area (Å²) in [6, 6.07) is 10.4. The van der Waals surface area contributed by atoms with Crippen molar-refractivity contribution in [2.24, 2.45) is 5.14 Å². The molecule has 0 saturated heterocycles. The normalized spacial score (nSPS) is 13.3. The number of sulfonamides is 1.